The van der Waals surface area contributed by atoms with E-state index in [0.29, 0.717) is 12.0 Å². The average Bonchev–Trinajstić information content (AvgIpc) is 3.16. The van der Waals surface area contributed by atoms with Crippen molar-refractivity contribution in [1.82, 2.24) is 0 Å². The first-order chi connectivity index (χ1) is 10.2. The molecule has 0 spiro atoms. The van der Waals surface area contributed by atoms with Gasteiger partial charge < -0.3 is 4.90 Å². The lowest BCUT2D eigenvalue weighted by Crippen LogP contribution is -2.23. The molecule has 0 N–H and O–H groups in total. The van der Waals surface area contributed by atoms with Crippen LogP contribution in [0.5, 0.6) is 0 Å². The van der Waals surface area contributed by atoms with Gasteiger partial charge in [-0.25, -0.2) is 0 Å². The van der Waals surface area contributed by atoms with Gasteiger partial charge in [0.25, 0.3) is 0 Å². The van der Waals surface area contributed by atoms with E-state index >= 15 is 0 Å². The van der Waals surface area contributed by atoms with Gasteiger partial charge in [0, 0.05) is 29.1 Å². The zero-order chi connectivity index (χ0) is 14.7. The summed E-state index contributed by atoms with van der Waals surface area (Å²) in [4.78, 5) is 26.6. The minimum Gasteiger partial charge on any atom is -0.312 e. The predicted octanol–water partition coefficient (Wildman–Crippen LogP) is 3.77. The second-order valence-electron chi connectivity index (χ2n) is 4.91. The van der Waals surface area contributed by atoms with Crippen molar-refractivity contribution in [1.29, 1.82) is 0 Å². The lowest BCUT2D eigenvalue weighted by Gasteiger charge is -2.15. The lowest BCUT2D eigenvalue weighted by atomic mass is 10.1. The van der Waals surface area contributed by atoms with Gasteiger partial charge in [0.05, 0.1) is 0 Å². The number of benzene rings is 1. The molecule has 3 rings (SSSR count). The summed E-state index contributed by atoms with van der Waals surface area (Å²) in [5, 5.41) is 1.98. The number of ketones is 1. The van der Waals surface area contributed by atoms with Gasteiger partial charge in [-0.05, 0) is 54.3 Å². The maximum Gasteiger partial charge on any atom is 0.227 e. The van der Waals surface area contributed by atoms with Crippen LogP contribution >= 0.6 is 11.3 Å². The van der Waals surface area contributed by atoms with Crippen LogP contribution in [0.1, 0.15) is 28.1 Å². The molecule has 0 aliphatic carbocycles. The third-order valence-electron chi connectivity index (χ3n) is 3.48. The summed E-state index contributed by atoms with van der Waals surface area (Å²) >= 11 is 1.60. The van der Waals surface area contributed by atoms with E-state index in [1.807, 2.05) is 35.7 Å². The average molecular weight is 297 g/mol. The number of anilines is 1. The van der Waals surface area contributed by atoms with E-state index < -0.39 is 0 Å². The summed E-state index contributed by atoms with van der Waals surface area (Å²) < 4.78 is 0. The van der Waals surface area contributed by atoms with Crippen molar-refractivity contribution in [2.45, 2.75) is 12.8 Å². The molecule has 0 atom stereocenters. The van der Waals surface area contributed by atoms with Crippen molar-refractivity contribution in [2.75, 3.05) is 11.4 Å². The van der Waals surface area contributed by atoms with Crippen molar-refractivity contribution in [3.05, 3.63) is 58.3 Å². The maximum absolute atomic E-state index is 12.1. The second kappa shape index (κ2) is 6.06. The fraction of sp³-hybridized carbons (Fsp3) is 0.176. The van der Waals surface area contributed by atoms with Gasteiger partial charge in [-0.15, -0.1) is 11.3 Å². The Kier molecular flexibility index (Phi) is 3.97. The third-order valence-corrected chi connectivity index (χ3v) is 4.32. The van der Waals surface area contributed by atoms with E-state index in [1.54, 1.807) is 34.4 Å². The number of thiophene rings is 1. The van der Waals surface area contributed by atoms with E-state index in [-0.39, 0.29) is 11.7 Å². The molecule has 1 aromatic heterocycles. The fourth-order valence-electron chi connectivity index (χ4n) is 2.37. The predicted molar refractivity (Wildman–Crippen MR) is 85.7 cm³/mol. The normalized spacial score (nSPS) is 15.0. The molecule has 1 amide bonds. The van der Waals surface area contributed by atoms with Crippen LogP contribution in [0, 0.1) is 0 Å². The van der Waals surface area contributed by atoms with E-state index in [9.17, 15) is 9.59 Å². The monoisotopic (exact) mass is 297 g/mol. The minimum absolute atomic E-state index is 0.0253. The molecule has 1 aromatic carbocycles. The number of allylic oxidation sites excluding steroid dienone is 1. The molecule has 106 valence electrons. The molecule has 21 heavy (non-hydrogen) atoms. The van der Waals surface area contributed by atoms with Crippen molar-refractivity contribution in [3.63, 3.8) is 0 Å². The van der Waals surface area contributed by atoms with Crippen LogP contribution in [0.4, 0.5) is 5.69 Å². The van der Waals surface area contributed by atoms with Crippen molar-refractivity contribution >= 4 is 34.8 Å². The summed E-state index contributed by atoms with van der Waals surface area (Å²) in [6.45, 7) is 0.768. The van der Waals surface area contributed by atoms with Gasteiger partial charge in [0.1, 0.15) is 0 Å². The molecule has 1 aliphatic heterocycles. The molecule has 4 heteroatoms. The summed E-state index contributed by atoms with van der Waals surface area (Å²) in [6.07, 6.45) is 4.93. The van der Waals surface area contributed by atoms with Crippen LogP contribution in [0.3, 0.4) is 0 Å². The molecule has 0 radical (unpaired) electrons. The molecule has 0 unspecified atom stereocenters. The van der Waals surface area contributed by atoms with E-state index in [0.717, 1.165) is 23.5 Å². The Morgan fingerprint density at radius 3 is 2.62 bits per heavy atom. The molecule has 1 saturated heterocycles. The molecule has 0 saturated carbocycles. The largest absolute Gasteiger partial charge is 0.312 e. The smallest absolute Gasteiger partial charge is 0.227 e. The maximum atomic E-state index is 12.1. The fourth-order valence-corrected chi connectivity index (χ4v) is 2.98. The van der Waals surface area contributed by atoms with Crippen LogP contribution in [-0.2, 0) is 4.79 Å². The summed E-state index contributed by atoms with van der Waals surface area (Å²) in [6, 6.07) is 11.2. The Bertz CT molecular complexity index is 671. The van der Waals surface area contributed by atoms with E-state index in [2.05, 4.69) is 0 Å². The highest BCUT2D eigenvalue weighted by Gasteiger charge is 2.21. The number of carbonyl (C=O) groups is 2. The molecule has 3 nitrogen and oxygen atoms in total. The number of hydrogen-bond acceptors (Lipinski definition) is 3. The van der Waals surface area contributed by atoms with Gasteiger partial charge >= 0.3 is 0 Å². The number of carbonyl (C=O) groups excluding carboxylic acids is 2. The SMILES string of the molecule is O=C(C=Cc1cccs1)c1ccc(N2CCCC2=O)cc1. The summed E-state index contributed by atoms with van der Waals surface area (Å²) in [5.41, 5.74) is 1.51. The third kappa shape index (κ3) is 3.11. The zero-order valence-corrected chi connectivity index (χ0v) is 12.3. The summed E-state index contributed by atoms with van der Waals surface area (Å²) in [7, 11) is 0. The van der Waals surface area contributed by atoms with Gasteiger partial charge in [-0.1, -0.05) is 6.07 Å². The topological polar surface area (TPSA) is 37.4 Å². The molecule has 1 aliphatic rings. The molecule has 2 aromatic rings. The molecular formula is C17H15NO2S. The Morgan fingerprint density at radius 2 is 2.00 bits per heavy atom. The van der Waals surface area contributed by atoms with Crippen LogP contribution in [-0.4, -0.2) is 18.2 Å². The number of amides is 1. The number of rotatable bonds is 4. The number of hydrogen-bond donors (Lipinski definition) is 0. The minimum atomic E-state index is -0.0253. The zero-order valence-electron chi connectivity index (χ0n) is 11.5. The van der Waals surface area contributed by atoms with Crippen LogP contribution in [0.25, 0.3) is 6.08 Å². The van der Waals surface area contributed by atoms with Crippen LogP contribution < -0.4 is 4.90 Å². The number of nitrogens with zero attached hydrogens (tertiary/aromatic N) is 1. The van der Waals surface area contributed by atoms with Gasteiger partial charge in [0.15, 0.2) is 5.78 Å². The summed E-state index contributed by atoms with van der Waals surface area (Å²) in [5.74, 6) is 0.134. The van der Waals surface area contributed by atoms with Crippen molar-refractivity contribution in [3.8, 4) is 0 Å². The van der Waals surface area contributed by atoms with Gasteiger partial charge in [-0.2, -0.15) is 0 Å². The second-order valence-corrected chi connectivity index (χ2v) is 5.89. The Labute approximate surface area is 127 Å². The van der Waals surface area contributed by atoms with Gasteiger partial charge in [0.2, 0.25) is 5.91 Å². The highest BCUT2D eigenvalue weighted by Crippen LogP contribution is 2.22. The standard InChI is InChI=1S/C17H15NO2S/c19-16(10-9-15-3-2-12-21-15)13-5-7-14(8-6-13)18-11-1-4-17(18)20/h2-3,5-10,12H,1,4,11H2. The van der Waals surface area contributed by atoms with Gasteiger partial charge in [-0.3, -0.25) is 9.59 Å². The first kappa shape index (κ1) is 13.8. The molecule has 1 fully saturated rings. The van der Waals surface area contributed by atoms with Crippen molar-refractivity contribution in [2.24, 2.45) is 0 Å². The highest BCUT2D eigenvalue weighted by atomic mass is 32.1. The van der Waals surface area contributed by atoms with Crippen LogP contribution in [0.15, 0.2) is 47.9 Å². The van der Waals surface area contributed by atoms with E-state index in [4.69, 9.17) is 0 Å². The first-order valence-electron chi connectivity index (χ1n) is 6.90. The Morgan fingerprint density at radius 1 is 1.19 bits per heavy atom. The lowest BCUT2D eigenvalue weighted by molar-refractivity contribution is -0.117. The van der Waals surface area contributed by atoms with E-state index in [1.165, 1.54) is 0 Å². The molecule has 2 heterocycles. The Hall–Kier alpha value is -2.20. The first-order valence-corrected chi connectivity index (χ1v) is 7.78. The Balaban J connectivity index is 1.71. The van der Waals surface area contributed by atoms with Crippen molar-refractivity contribution < 1.29 is 9.59 Å². The quantitative estimate of drug-likeness (QED) is 0.636. The molecule has 0 bridgehead atoms. The highest BCUT2D eigenvalue weighted by molar-refractivity contribution is 7.10. The van der Waals surface area contributed by atoms with Crippen LogP contribution in [0.2, 0.25) is 0 Å². The molecular weight excluding hydrogens is 282 g/mol.